The third kappa shape index (κ3) is 4.81. The molecule has 0 aliphatic heterocycles. The lowest BCUT2D eigenvalue weighted by Crippen LogP contribution is -2.31. The molecule has 0 aromatic heterocycles. The first-order valence-corrected chi connectivity index (χ1v) is 6.00. The van der Waals surface area contributed by atoms with Gasteiger partial charge < -0.3 is 10.2 Å². The molecule has 0 radical (unpaired) electrons. The summed E-state index contributed by atoms with van der Waals surface area (Å²) in [5.41, 5.74) is 1.02. The van der Waals surface area contributed by atoms with Crippen molar-refractivity contribution in [2.45, 2.75) is 19.5 Å². The van der Waals surface area contributed by atoms with Gasteiger partial charge >= 0.3 is 6.18 Å². The van der Waals surface area contributed by atoms with Gasteiger partial charge in [-0.2, -0.15) is 13.2 Å². The lowest BCUT2D eigenvalue weighted by atomic mass is 10.1. The second-order valence-corrected chi connectivity index (χ2v) is 4.17. The number of benzene rings is 1. The molecule has 0 fully saturated rings. The lowest BCUT2D eigenvalue weighted by Gasteiger charge is -2.20. The average molecular weight is 274 g/mol. The Bertz CT molecular complexity index is 432. The number of carbonyl (C=O) groups is 1. The molecule has 1 N–H and O–H groups in total. The third-order valence-electron chi connectivity index (χ3n) is 2.60. The van der Waals surface area contributed by atoms with Crippen LogP contribution in [0.4, 0.5) is 18.9 Å². The largest absolute Gasteiger partial charge is 0.390 e. The molecule has 1 aromatic carbocycles. The number of amides is 1. The highest BCUT2D eigenvalue weighted by molar-refractivity contribution is 5.99. The van der Waals surface area contributed by atoms with Gasteiger partial charge in [0.25, 0.3) is 5.91 Å². The summed E-state index contributed by atoms with van der Waals surface area (Å²) in [6, 6.07) is 6.79. The molecule has 0 saturated carbocycles. The standard InChI is InChI=1S/C13H17F3N2O/c1-3-17-11-7-5-4-6-10(11)12(19)18(2)9-8-13(14,15)16/h4-7,17H,3,8-9H2,1-2H3. The van der Waals surface area contributed by atoms with Crippen LogP contribution in [0.25, 0.3) is 0 Å². The summed E-state index contributed by atoms with van der Waals surface area (Å²) < 4.78 is 36.4. The van der Waals surface area contributed by atoms with Crippen molar-refractivity contribution in [3.63, 3.8) is 0 Å². The van der Waals surface area contributed by atoms with Crippen LogP contribution in [-0.2, 0) is 0 Å². The van der Waals surface area contributed by atoms with E-state index in [2.05, 4.69) is 5.32 Å². The van der Waals surface area contributed by atoms with Crippen molar-refractivity contribution in [2.24, 2.45) is 0 Å². The van der Waals surface area contributed by atoms with E-state index < -0.39 is 18.5 Å². The van der Waals surface area contributed by atoms with E-state index in [0.717, 1.165) is 4.90 Å². The first kappa shape index (κ1) is 15.3. The predicted molar refractivity (Wildman–Crippen MR) is 68.2 cm³/mol. The molecule has 0 unspecified atom stereocenters. The van der Waals surface area contributed by atoms with Gasteiger partial charge in [-0.3, -0.25) is 4.79 Å². The summed E-state index contributed by atoms with van der Waals surface area (Å²) in [6.45, 7) is 2.17. The fraction of sp³-hybridized carbons (Fsp3) is 0.462. The van der Waals surface area contributed by atoms with E-state index in [1.807, 2.05) is 6.92 Å². The lowest BCUT2D eigenvalue weighted by molar-refractivity contribution is -0.136. The summed E-state index contributed by atoms with van der Waals surface area (Å²) in [7, 11) is 1.37. The second-order valence-electron chi connectivity index (χ2n) is 4.17. The number of hydrogen-bond acceptors (Lipinski definition) is 2. The first-order chi connectivity index (χ1) is 8.85. The molecule has 0 aliphatic rings. The van der Waals surface area contributed by atoms with Gasteiger partial charge in [0.1, 0.15) is 0 Å². The summed E-state index contributed by atoms with van der Waals surface area (Å²) in [5.74, 6) is -0.416. The van der Waals surface area contributed by atoms with Crippen molar-refractivity contribution in [3.05, 3.63) is 29.8 Å². The highest BCUT2D eigenvalue weighted by atomic mass is 19.4. The van der Waals surface area contributed by atoms with Crippen LogP contribution >= 0.6 is 0 Å². The van der Waals surface area contributed by atoms with Crippen LogP contribution in [0, 0.1) is 0 Å². The van der Waals surface area contributed by atoms with Crippen LogP contribution in [0.15, 0.2) is 24.3 Å². The molecule has 0 atom stereocenters. The Kier molecular flexibility index (Phi) is 5.20. The fourth-order valence-corrected chi connectivity index (χ4v) is 1.62. The van der Waals surface area contributed by atoms with E-state index in [1.165, 1.54) is 7.05 Å². The van der Waals surface area contributed by atoms with E-state index in [1.54, 1.807) is 24.3 Å². The van der Waals surface area contributed by atoms with Crippen LogP contribution in [0.2, 0.25) is 0 Å². The third-order valence-corrected chi connectivity index (χ3v) is 2.60. The normalized spacial score (nSPS) is 11.2. The number of nitrogens with zero attached hydrogens (tertiary/aromatic N) is 1. The Hall–Kier alpha value is -1.72. The number of para-hydroxylation sites is 1. The van der Waals surface area contributed by atoms with Gasteiger partial charge in [0.05, 0.1) is 12.0 Å². The number of nitrogens with one attached hydrogen (secondary N) is 1. The predicted octanol–water partition coefficient (Wildman–Crippen LogP) is 3.14. The molecule has 0 heterocycles. The van der Waals surface area contributed by atoms with E-state index in [-0.39, 0.29) is 6.54 Å². The number of anilines is 1. The highest BCUT2D eigenvalue weighted by Crippen LogP contribution is 2.21. The number of halogens is 3. The van der Waals surface area contributed by atoms with Crippen molar-refractivity contribution in [3.8, 4) is 0 Å². The zero-order valence-electron chi connectivity index (χ0n) is 10.9. The molecule has 1 aromatic rings. The molecule has 19 heavy (non-hydrogen) atoms. The molecule has 3 nitrogen and oxygen atoms in total. The minimum Gasteiger partial charge on any atom is -0.385 e. The molecule has 106 valence electrons. The maximum absolute atomic E-state index is 12.1. The van der Waals surface area contributed by atoms with Crippen molar-refractivity contribution >= 4 is 11.6 Å². The van der Waals surface area contributed by atoms with Crippen molar-refractivity contribution in [2.75, 3.05) is 25.5 Å². The van der Waals surface area contributed by atoms with Crippen molar-refractivity contribution in [1.82, 2.24) is 4.90 Å². The average Bonchev–Trinajstić information content (AvgIpc) is 2.35. The molecule has 6 heteroatoms. The van der Waals surface area contributed by atoms with E-state index in [9.17, 15) is 18.0 Å². The fourth-order valence-electron chi connectivity index (χ4n) is 1.62. The second kappa shape index (κ2) is 6.45. The topological polar surface area (TPSA) is 32.3 Å². The van der Waals surface area contributed by atoms with E-state index in [0.29, 0.717) is 17.8 Å². The molecule has 0 spiro atoms. The maximum atomic E-state index is 12.1. The minimum absolute atomic E-state index is 0.344. The Morgan fingerprint density at radius 3 is 2.53 bits per heavy atom. The number of alkyl halides is 3. The van der Waals surface area contributed by atoms with Gasteiger partial charge in [-0.15, -0.1) is 0 Å². The molecule has 0 aliphatic carbocycles. The van der Waals surface area contributed by atoms with Crippen LogP contribution in [0.5, 0.6) is 0 Å². The van der Waals surface area contributed by atoms with E-state index >= 15 is 0 Å². The smallest absolute Gasteiger partial charge is 0.385 e. The monoisotopic (exact) mass is 274 g/mol. The van der Waals surface area contributed by atoms with Gasteiger partial charge in [0.15, 0.2) is 0 Å². The molecular weight excluding hydrogens is 257 g/mol. The number of carbonyl (C=O) groups excluding carboxylic acids is 1. The summed E-state index contributed by atoms with van der Waals surface area (Å²) in [4.78, 5) is 13.2. The van der Waals surface area contributed by atoms with Gasteiger partial charge in [0, 0.05) is 25.8 Å². The van der Waals surface area contributed by atoms with Crippen molar-refractivity contribution in [1.29, 1.82) is 0 Å². The van der Waals surface area contributed by atoms with Crippen molar-refractivity contribution < 1.29 is 18.0 Å². The Morgan fingerprint density at radius 1 is 1.32 bits per heavy atom. The van der Waals surface area contributed by atoms with Gasteiger partial charge in [0.2, 0.25) is 0 Å². The molecule has 1 rings (SSSR count). The van der Waals surface area contributed by atoms with Gasteiger partial charge in [-0.1, -0.05) is 12.1 Å². The Morgan fingerprint density at radius 2 is 1.95 bits per heavy atom. The zero-order chi connectivity index (χ0) is 14.5. The zero-order valence-corrected chi connectivity index (χ0v) is 10.9. The molecule has 1 amide bonds. The minimum atomic E-state index is -4.25. The van der Waals surface area contributed by atoms with Crippen LogP contribution in [0.3, 0.4) is 0 Å². The quantitative estimate of drug-likeness (QED) is 0.894. The van der Waals surface area contributed by atoms with Gasteiger partial charge in [-0.25, -0.2) is 0 Å². The summed E-state index contributed by atoms with van der Waals surface area (Å²) >= 11 is 0. The molecule has 0 bridgehead atoms. The Labute approximate surface area is 110 Å². The summed E-state index contributed by atoms with van der Waals surface area (Å²) in [5, 5.41) is 3.01. The van der Waals surface area contributed by atoms with E-state index in [4.69, 9.17) is 0 Å². The van der Waals surface area contributed by atoms with Gasteiger partial charge in [-0.05, 0) is 19.1 Å². The number of rotatable bonds is 5. The van der Waals surface area contributed by atoms with Crippen LogP contribution < -0.4 is 5.32 Å². The van der Waals surface area contributed by atoms with Crippen LogP contribution in [0.1, 0.15) is 23.7 Å². The first-order valence-electron chi connectivity index (χ1n) is 6.00. The Balaban J connectivity index is 2.76. The SMILES string of the molecule is CCNc1ccccc1C(=O)N(C)CCC(F)(F)F. The number of hydrogen-bond donors (Lipinski definition) is 1. The molecule has 0 saturated heterocycles. The highest BCUT2D eigenvalue weighted by Gasteiger charge is 2.28. The maximum Gasteiger partial charge on any atom is 0.390 e. The van der Waals surface area contributed by atoms with Crippen LogP contribution in [-0.4, -0.2) is 37.1 Å². The molecular formula is C13H17F3N2O. The summed E-state index contributed by atoms with van der Waals surface area (Å²) in [6.07, 6.45) is -5.26.